The summed E-state index contributed by atoms with van der Waals surface area (Å²) >= 11 is 0. The molecule has 0 fully saturated rings. The Labute approximate surface area is 201 Å². The molecule has 3 rings (SSSR count). The van der Waals surface area contributed by atoms with Crippen molar-refractivity contribution in [3.05, 3.63) is 64.8 Å². The maximum Gasteiger partial charge on any atom is 0.335 e. The van der Waals surface area contributed by atoms with Crippen LogP contribution in [0, 0.1) is 5.92 Å². The fourth-order valence-electron chi connectivity index (χ4n) is 4.38. The standard InChI is InChI=1S/C28H36N2O4/c1-5-6-7-8-9-19(2)17-29-27(31)21-12-13-25-24(15-21)23(18-30(25)3)14-20-10-11-22(28(32)33)16-26(20)34-4/h10-13,15-16,18-19H,5-9,14,17H2,1-4H3,(H,29,31)(H,32,33). The highest BCUT2D eigenvalue weighted by Crippen LogP contribution is 2.29. The summed E-state index contributed by atoms with van der Waals surface area (Å²) < 4.78 is 7.50. The number of aromatic carboxylic acids is 1. The summed E-state index contributed by atoms with van der Waals surface area (Å²) in [7, 11) is 3.53. The number of carboxylic acids is 1. The zero-order chi connectivity index (χ0) is 24.7. The van der Waals surface area contributed by atoms with Crippen LogP contribution in [0.4, 0.5) is 0 Å². The maximum absolute atomic E-state index is 12.9. The predicted molar refractivity (Wildman–Crippen MR) is 136 cm³/mol. The second-order valence-electron chi connectivity index (χ2n) is 9.17. The molecule has 1 atom stereocenters. The van der Waals surface area contributed by atoms with E-state index in [4.69, 9.17) is 4.74 Å². The summed E-state index contributed by atoms with van der Waals surface area (Å²) in [4.78, 5) is 24.1. The summed E-state index contributed by atoms with van der Waals surface area (Å²) in [5.74, 6) is -0.0433. The van der Waals surface area contributed by atoms with Crippen molar-refractivity contribution >= 4 is 22.8 Å². The number of aromatic nitrogens is 1. The average Bonchev–Trinajstić information content (AvgIpc) is 3.14. The molecule has 0 saturated carbocycles. The number of unbranched alkanes of at least 4 members (excludes halogenated alkanes) is 3. The molecule has 0 saturated heterocycles. The number of carbonyl (C=O) groups is 2. The number of amides is 1. The number of fused-ring (bicyclic) bond motifs is 1. The first kappa shape index (κ1) is 25.3. The highest BCUT2D eigenvalue weighted by Gasteiger charge is 2.15. The van der Waals surface area contributed by atoms with Crippen LogP contribution in [0.1, 0.15) is 77.8 Å². The number of benzene rings is 2. The number of carboxylic acid groups (broad SMARTS) is 1. The van der Waals surface area contributed by atoms with Crippen LogP contribution in [0.3, 0.4) is 0 Å². The molecule has 1 unspecified atom stereocenters. The number of methoxy groups -OCH3 is 1. The first-order valence-corrected chi connectivity index (χ1v) is 12.1. The first-order valence-electron chi connectivity index (χ1n) is 12.1. The number of ether oxygens (including phenoxy) is 1. The molecular weight excluding hydrogens is 428 g/mol. The molecule has 0 aliphatic carbocycles. The molecule has 0 radical (unpaired) electrons. The quantitative estimate of drug-likeness (QED) is 0.331. The Morgan fingerprint density at radius 1 is 1.06 bits per heavy atom. The van der Waals surface area contributed by atoms with Crippen LogP contribution in [-0.2, 0) is 13.5 Å². The van der Waals surface area contributed by atoms with Gasteiger partial charge in [0.15, 0.2) is 0 Å². The largest absolute Gasteiger partial charge is 0.496 e. The van der Waals surface area contributed by atoms with E-state index in [2.05, 4.69) is 25.4 Å². The van der Waals surface area contributed by atoms with Crippen LogP contribution in [0.25, 0.3) is 10.9 Å². The Morgan fingerprint density at radius 3 is 2.53 bits per heavy atom. The molecule has 0 aliphatic heterocycles. The van der Waals surface area contributed by atoms with Gasteiger partial charge in [0.25, 0.3) is 5.91 Å². The van der Waals surface area contributed by atoms with Gasteiger partial charge >= 0.3 is 5.97 Å². The monoisotopic (exact) mass is 464 g/mol. The fraction of sp³-hybridized carbons (Fsp3) is 0.429. The van der Waals surface area contributed by atoms with Gasteiger partial charge in [0.2, 0.25) is 0 Å². The van der Waals surface area contributed by atoms with E-state index in [1.807, 2.05) is 29.8 Å². The van der Waals surface area contributed by atoms with Gasteiger partial charge in [-0.25, -0.2) is 4.79 Å². The van der Waals surface area contributed by atoms with E-state index in [1.165, 1.54) is 25.7 Å². The fourth-order valence-corrected chi connectivity index (χ4v) is 4.38. The lowest BCUT2D eigenvalue weighted by Gasteiger charge is -2.13. The summed E-state index contributed by atoms with van der Waals surface area (Å²) in [6.07, 6.45) is 8.72. The number of carbonyl (C=O) groups excluding carboxylic acids is 1. The minimum Gasteiger partial charge on any atom is -0.496 e. The van der Waals surface area contributed by atoms with E-state index < -0.39 is 5.97 Å². The lowest BCUT2D eigenvalue weighted by atomic mass is 10.0. The molecule has 0 aliphatic rings. The SMILES string of the molecule is CCCCCCC(C)CNC(=O)c1ccc2c(c1)c(Cc1ccc(C(=O)O)cc1OC)cn2C. The van der Waals surface area contributed by atoms with Crippen molar-refractivity contribution in [2.45, 2.75) is 52.4 Å². The second-order valence-corrected chi connectivity index (χ2v) is 9.17. The van der Waals surface area contributed by atoms with Crippen LogP contribution in [-0.4, -0.2) is 35.2 Å². The van der Waals surface area contributed by atoms with Crippen molar-refractivity contribution in [1.29, 1.82) is 0 Å². The van der Waals surface area contributed by atoms with Crippen molar-refractivity contribution in [3.63, 3.8) is 0 Å². The Kier molecular flexibility index (Phi) is 8.74. The van der Waals surface area contributed by atoms with E-state index in [0.717, 1.165) is 28.5 Å². The molecule has 0 bridgehead atoms. The minimum atomic E-state index is -0.985. The maximum atomic E-state index is 12.9. The highest BCUT2D eigenvalue weighted by atomic mass is 16.5. The number of rotatable bonds is 12. The van der Waals surface area contributed by atoms with Crippen molar-refractivity contribution in [2.24, 2.45) is 13.0 Å². The summed E-state index contributed by atoms with van der Waals surface area (Å²) in [6.45, 7) is 5.08. The molecule has 0 spiro atoms. The van der Waals surface area contributed by atoms with Gasteiger partial charge in [-0.2, -0.15) is 0 Å². The molecule has 182 valence electrons. The number of nitrogens with one attached hydrogen (secondary N) is 1. The normalized spacial score (nSPS) is 12.0. The summed E-state index contributed by atoms with van der Waals surface area (Å²) in [5.41, 5.74) is 3.82. The van der Waals surface area contributed by atoms with E-state index in [1.54, 1.807) is 25.3 Å². The topological polar surface area (TPSA) is 80.6 Å². The van der Waals surface area contributed by atoms with Crippen LogP contribution in [0.2, 0.25) is 0 Å². The third-order valence-electron chi connectivity index (χ3n) is 6.41. The lowest BCUT2D eigenvalue weighted by Crippen LogP contribution is -2.28. The molecule has 34 heavy (non-hydrogen) atoms. The first-order chi connectivity index (χ1) is 16.3. The van der Waals surface area contributed by atoms with Crippen molar-refractivity contribution in [3.8, 4) is 5.75 Å². The molecule has 2 aromatic carbocycles. The van der Waals surface area contributed by atoms with Crippen LogP contribution < -0.4 is 10.1 Å². The third-order valence-corrected chi connectivity index (χ3v) is 6.41. The van der Waals surface area contributed by atoms with E-state index in [-0.39, 0.29) is 11.5 Å². The molecule has 6 heteroatoms. The Bertz CT molecular complexity index is 1150. The lowest BCUT2D eigenvalue weighted by molar-refractivity contribution is 0.0696. The molecular formula is C28H36N2O4. The van der Waals surface area contributed by atoms with Gasteiger partial charge in [0.05, 0.1) is 12.7 Å². The van der Waals surface area contributed by atoms with Gasteiger partial charge in [-0.1, -0.05) is 45.6 Å². The van der Waals surface area contributed by atoms with E-state index >= 15 is 0 Å². The van der Waals surface area contributed by atoms with Crippen LogP contribution in [0.5, 0.6) is 5.75 Å². The Morgan fingerprint density at radius 2 is 1.82 bits per heavy atom. The smallest absolute Gasteiger partial charge is 0.335 e. The number of hydrogen-bond donors (Lipinski definition) is 2. The van der Waals surface area contributed by atoms with Gasteiger partial charge in [0, 0.05) is 42.7 Å². The van der Waals surface area contributed by atoms with Gasteiger partial charge < -0.3 is 19.7 Å². The average molecular weight is 465 g/mol. The zero-order valence-electron chi connectivity index (χ0n) is 20.7. The van der Waals surface area contributed by atoms with Crippen LogP contribution in [0.15, 0.2) is 42.6 Å². The minimum absolute atomic E-state index is 0.0551. The Balaban J connectivity index is 1.76. The summed E-state index contributed by atoms with van der Waals surface area (Å²) in [6, 6.07) is 10.7. The molecule has 3 aromatic rings. The summed E-state index contributed by atoms with van der Waals surface area (Å²) in [5, 5.41) is 13.4. The zero-order valence-corrected chi connectivity index (χ0v) is 20.7. The highest BCUT2D eigenvalue weighted by molar-refractivity contribution is 5.99. The third kappa shape index (κ3) is 6.19. The Hall–Kier alpha value is -3.28. The van der Waals surface area contributed by atoms with Crippen molar-refractivity contribution < 1.29 is 19.4 Å². The van der Waals surface area contributed by atoms with Gasteiger partial charge in [-0.05, 0) is 53.8 Å². The second kappa shape index (κ2) is 11.7. The van der Waals surface area contributed by atoms with Crippen molar-refractivity contribution in [2.75, 3.05) is 13.7 Å². The number of hydrogen-bond acceptors (Lipinski definition) is 3. The number of aryl methyl sites for hydroxylation is 1. The van der Waals surface area contributed by atoms with E-state index in [9.17, 15) is 14.7 Å². The van der Waals surface area contributed by atoms with Gasteiger partial charge in [-0.15, -0.1) is 0 Å². The van der Waals surface area contributed by atoms with Gasteiger partial charge in [0.1, 0.15) is 5.75 Å². The molecule has 1 heterocycles. The van der Waals surface area contributed by atoms with Crippen molar-refractivity contribution in [1.82, 2.24) is 9.88 Å². The number of nitrogens with zero attached hydrogens (tertiary/aromatic N) is 1. The van der Waals surface area contributed by atoms with Crippen LogP contribution >= 0.6 is 0 Å². The molecule has 2 N–H and O–H groups in total. The predicted octanol–water partition coefficient (Wildman–Crippen LogP) is 5.81. The molecule has 6 nitrogen and oxygen atoms in total. The van der Waals surface area contributed by atoms with Gasteiger partial charge in [-0.3, -0.25) is 4.79 Å². The molecule has 1 aromatic heterocycles. The molecule has 1 amide bonds. The van der Waals surface area contributed by atoms with E-state index in [0.29, 0.717) is 30.2 Å².